The molecule has 2 aromatic rings. The van der Waals surface area contributed by atoms with Crippen LogP contribution in [0.3, 0.4) is 0 Å². The van der Waals surface area contributed by atoms with E-state index in [0.717, 1.165) is 4.31 Å². The Labute approximate surface area is 149 Å². The first-order valence-electron chi connectivity index (χ1n) is 6.69. The number of carbonyl (C=O) groups is 1. The van der Waals surface area contributed by atoms with Crippen molar-refractivity contribution in [3.05, 3.63) is 54.1 Å². The Morgan fingerprint density at radius 1 is 1.17 bits per heavy atom. The quantitative estimate of drug-likeness (QED) is 0.770. The maximum Gasteiger partial charge on any atom is 0.266 e. The van der Waals surface area contributed by atoms with Crippen molar-refractivity contribution in [2.75, 3.05) is 16.7 Å². The van der Waals surface area contributed by atoms with Crippen LogP contribution in [0.5, 0.6) is 5.75 Å². The Morgan fingerprint density at radius 3 is 2.38 bits per heavy atom. The van der Waals surface area contributed by atoms with Crippen molar-refractivity contribution in [1.82, 2.24) is 0 Å². The van der Waals surface area contributed by atoms with Crippen molar-refractivity contribution < 1.29 is 18.3 Å². The molecule has 0 radical (unpaired) electrons. The Hall–Kier alpha value is -1.96. The largest absolute Gasteiger partial charge is 0.507 e. The normalized spacial score (nSPS) is 11.3. The summed E-state index contributed by atoms with van der Waals surface area (Å²) in [7, 11) is -2.74. The third-order valence-corrected chi connectivity index (χ3v) is 6.00. The van der Waals surface area contributed by atoms with Crippen LogP contribution < -0.4 is 9.62 Å². The number of hydrogen-bond acceptors (Lipinski definition) is 4. The van der Waals surface area contributed by atoms with Gasteiger partial charge in [-0.3, -0.25) is 9.10 Å². The van der Waals surface area contributed by atoms with Crippen LogP contribution in [0.15, 0.2) is 48.5 Å². The monoisotopic (exact) mass is 388 g/mol. The summed E-state index contributed by atoms with van der Waals surface area (Å²) in [4.78, 5) is 12.3. The number of anilines is 2. The van der Waals surface area contributed by atoms with Crippen molar-refractivity contribution in [2.24, 2.45) is 0 Å². The summed E-state index contributed by atoms with van der Waals surface area (Å²) in [5.41, 5.74) is 0.589. The van der Waals surface area contributed by atoms with Gasteiger partial charge in [-0.15, -0.1) is 0 Å². The molecule has 2 rings (SSSR count). The lowest BCUT2D eigenvalue weighted by Crippen LogP contribution is -2.31. The molecule has 0 atom stereocenters. The first-order valence-corrected chi connectivity index (χ1v) is 9.06. The molecule has 0 saturated carbocycles. The number of phenolic OH excluding ortho intramolecular Hbond substituents is 1. The summed E-state index contributed by atoms with van der Waals surface area (Å²) in [5.74, 6) is -0.870. The minimum Gasteiger partial charge on any atom is -0.507 e. The standard InChI is InChI=1S/C15H14Cl2N2O4S/c1-19(24(22,23)15(16)17)11-7-8-13(20)12(9-11)14(21)18-10-5-3-2-4-6-10/h2-9,15,20H,1H3,(H,18,21). The molecule has 0 aliphatic rings. The molecule has 0 saturated heterocycles. The fourth-order valence-corrected chi connectivity index (χ4v) is 3.25. The van der Waals surface area contributed by atoms with Gasteiger partial charge in [0.25, 0.3) is 15.9 Å². The summed E-state index contributed by atoms with van der Waals surface area (Å²) in [5, 5.41) is 12.5. The Kier molecular flexibility index (Phi) is 5.58. The fourth-order valence-electron chi connectivity index (χ4n) is 1.89. The van der Waals surface area contributed by atoms with Gasteiger partial charge in [-0.1, -0.05) is 41.4 Å². The van der Waals surface area contributed by atoms with E-state index in [2.05, 4.69) is 5.32 Å². The minimum absolute atomic E-state index is 0.0842. The summed E-state index contributed by atoms with van der Waals surface area (Å²) in [6.07, 6.45) is 0. The second-order valence-corrected chi connectivity index (χ2v) is 8.46. The van der Waals surface area contributed by atoms with Gasteiger partial charge < -0.3 is 10.4 Å². The number of sulfonamides is 1. The third kappa shape index (κ3) is 3.92. The second kappa shape index (κ2) is 7.29. The van der Waals surface area contributed by atoms with Gasteiger partial charge in [-0.2, -0.15) is 0 Å². The van der Waals surface area contributed by atoms with Gasteiger partial charge >= 0.3 is 0 Å². The lowest BCUT2D eigenvalue weighted by atomic mass is 10.1. The number of alkyl halides is 2. The van der Waals surface area contributed by atoms with Crippen molar-refractivity contribution in [2.45, 2.75) is 4.17 Å². The molecule has 0 heterocycles. The van der Waals surface area contributed by atoms with Crippen LogP contribution in [0.2, 0.25) is 0 Å². The van der Waals surface area contributed by atoms with E-state index in [0.29, 0.717) is 5.69 Å². The van der Waals surface area contributed by atoms with Gasteiger partial charge in [-0.05, 0) is 30.3 Å². The number of para-hydroxylation sites is 1. The minimum atomic E-state index is -3.99. The smallest absolute Gasteiger partial charge is 0.266 e. The average molecular weight is 389 g/mol. The summed E-state index contributed by atoms with van der Waals surface area (Å²) >= 11 is 10.9. The Balaban J connectivity index is 2.34. The van der Waals surface area contributed by atoms with E-state index in [-0.39, 0.29) is 17.0 Å². The van der Waals surface area contributed by atoms with Crippen LogP contribution in [0.1, 0.15) is 10.4 Å². The zero-order valence-corrected chi connectivity index (χ0v) is 14.8. The molecule has 0 aliphatic heterocycles. The van der Waals surface area contributed by atoms with E-state index < -0.39 is 20.1 Å². The molecule has 2 N–H and O–H groups in total. The maximum atomic E-state index is 12.3. The summed E-state index contributed by atoms with van der Waals surface area (Å²) in [6.45, 7) is 0. The Morgan fingerprint density at radius 2 is 1.79 bits per heavy atom. The number of halogens is 2. The first-order chi connectivity index (χ1) is 11.2. The molecule has 0 fully saturated rings. The highest BCUT2D eigenvalue weighted by molar-refractivity contribution is 7.95. The van der Waals surface area contributed by atoms with Crippen molar-refractivity contribution in [1.29, 1.82) is 0 Å². The van der Waals surface area contributed by atoms with Crippen LogP contribution >= 0.6 is 23.2 Å². The molecule has 0 aliphatic carbocycles. The van der Waals surface area contributed by atoms with Crippen molar-refractivity contribution >= 4 is 50.5 Å². The topological polar surface area (TPSA) is 86.7 Å². The van der Waals surface area contributed by atoms with E-state index in [1.807, 2.05) is 0 Å². The number of benzene rings is 2. The first kappa shape index (κ1) is 18.4. The highest BCUT2D eigenvalue weighted by Gasteiger charge is 2.27. The van der Waals surface area contributed by atoms with Crippen LogP contribution in [0.25, 0.3) is 0 Å². The van der Waals surface area contributed by atoms with Gasteiger partial charge in [0.2, 0.25) is 4.17 Å². The van der Waals surface area contributed by atoms with Gasteiger partial charge in [-0.25, -0.2) is 8.42 Å². The maximum absolute atomic E-state index is 12.3. The van der Waals surface area contributed by atoms with E-state index in [1.165, 1.54) is 25.2 Å². The Bertz CT molecular complexity index is 842. The number of hydrogen-bond donors (Lipinski definition) is 2. The van der Waals surface area contributed by atoms with E-state index in [4.69, 9.17) is 23.2 Å². The van der Waals surface area contributed by atoms with Crippen LogP contribution in [-0.2, 0) is 10.0 Å². The van der Waals surface area contributed by atoms with Crippen molar-refractivity contribution in [3.63, 3.8) is 0 Å². The third-order valence-electron chi connectivity index (χ3n) is 3.23. The molecule has 0 unspecified atom stereocenters. The van der Waals surface area contributed by atoms with Gasteiger partial charge in [0.05, 0.1) is 11.3 Å². The fraction of sp³-hybridized carbons (Fsp3) is 0.133. The molecule has 0 bridgehead atoms. The summed E-state index contributed by atoms with van der Waals surface area (Å²) < 4.78 is 23.2. The SMILES string of the molecule is CN(c1ccc(O)c(C(=O)Nc2ccccc2)c1)S(=O)(=O)C(Cl)Cl. The number of nitrogens with zero attached hydrogens (tertiary/aromatic N) is 1. The predicted octanol–water partition coefficient (Wildman–Crippen LogP) is 3.17. The highest BCUT2D eigenvalue weighted by atomic mass is 35.5. The number of phenols is 1. The summed E-state index contributed by atoms with van der Waals surface area (Å²) in [6, 6.07) is 12.4. The molecule has 6 nitrogen and oxygen atoms in total. The molecule has 0 spiro atoms. The van der Waals surface area contributed by atoms with Crippen LogP contribution in [-0.4, -0.2) is 30.6 Å². The predicted molar refractivity (Wildman–Crippen MR) is 95.3 cm³/mol. The highest BCUT2D eigenvalue weighted by Crippen LogP contribution is 2.28. The lowest BCUT2D eigenvalue weighted by molar-refractivity contribution is 0.102. The number of amides is 1. The number of carbonyl (C=O) groups excluding carboxylic acids is 1. The van der Waals surface area contributed by atoms with Crippen molar-refractivity contribution in [3.8, 4) is 5.75 Å². The number of aromatic hydroxyl groups is 1. The molecule has 2 aromatic carbocycles. The lowest BCUT2D eigenvalue weighted by Gasteiger charge is -2.20. The molecule has 24 heavy (non-hydrogen) atoms. The zero-order valence-electron chi connectivity index (χ0n) is 12.5. The second-order valence-electron chi connectivity index (χ2n) is 4.79. The molecule has 128 valence electrons. The molecular formula is C15H14Cl2N2O4S. The molecule has 0 aromatic heterocycles. The van der Waals surface area contributed by atoms with E-state index in [1.54, 1.807) is 30.3 Å². The molecule has 9 heteroatoms. The van der Waals surface area contributed by atoms with E-state index >= 15 is 0 Å². The van der Waals surface area contributed by atoms with Gasteiger partial charge in [0, 0.05) is 12.7 Å². The van der Waals surface area contributed by atoms with Crippen LogP contribution in [0, 0.1) is 0 Å². The number of nitrogens with one attached hydrogen (secondary N) is 1. The molecule has 1 amide bonds. The average Bonchev–Trinajstić information content (AvgIpc) is 2.55. The van der Waals surface area contributed by atoms with Crippen LogP contribution in [0.4, 0.5) is 11.4 Å². The molecular weight excluding hydrogens is 375 g/mol. The van der Waals surface area contributed by atoms with E-state index in [9.17, 15) is 18.3 Å². The zero-order chi connectivity index (χ0) is 17.9. The number of rotatable bonds is 5. The van der Waals surface area contributed by atoms with Gasteiger partial charge in [0.15, 0.2) is 0 Å². The van der Waals surface area contributed by atoms with Gasteiger partial charge in [0.1, 0.15) is 5.75 Å².